The molecule has 7 nitrogen and oxygen atoms in total. The molecule has 0 saturated carbocycles. The average Bonchev–Trinajstić information content (AvgIpc) is 3.15. The molecule has 2 rings (SSSR count). The van der Waals surface area contributed by atoms with Gasteiger partial charge in [-0.3, -0.25) is 9.56 Å². The molecule has 0 unspecified atom stereocenters. The largest absolute Gasteiger partial charge is 0.493 e. The van der Waals surface area contributed by atoms with Crippen molar-refractivity contribution in [3.63, 3.8) is 0 Å². The average molecular weight is 523 g/mol. The Kier molecular flexibility index (Phi) is 11.5. The second kappa shape index (κ2) is 13.3. The summed E-state index contributed by atoms with van der Waals surface area (Å²) in [5.41, 5.74) is 2.08. The lowest BCUT2D eigenvalue weighted by atomic mass is 10.1. The van der Waals surface area contributed by atoms with Gasteiger partial charge in [0.1, 0.15) is 11.6 Å². The second-order valence-electron chi connectivity index (χ2n) is 6.11. The Morgan fingerprint density at radius 2 is 2.00 bits per heavy atom. The van der Waals surface area contributed by atoms with E-state index in [4.69, 9.17) is 9.47 Å². The Balaban J connectivity index is 0.00000420. The molecule has 0 amide bonds. The fraction of sp³-hybridized carbons (Fsp3) is 0.474. The van der Waals surface area contributed by atoms with Crippen LogP contribution >= 0.6 is 24.0 Å². The van der Waals surface area contributed by atoms with Crippen LogP contribution in [0.3, 0.4) is 0 Å². The fourth-order valence-electron chi connectivity index (χ4n) is 2.55. The van der Waals surface area contributed by atoms with Crippen molar-refractivity contribution in [1.82, 2.24) is 20.2 Å². The van der Waals surface area contributed by atoms with Gasteiger partial charge in [-0.2, -0.15) is 8.78 Å². The van der Waals surface area contributed by atoms with Crippen LogP contribution in [-0.2, 0) is 17.8 Å². The molecule has 0 atom stereocenters. The first kappa shape index (κ1) is 25.1. The molecule has 0 aliphatic rings. The number of aryl methyl sites for hydroxylation is 1. The zero-order valence-corrected chi connectivity index (χ0v) is 19.2. The molecule has 0 fully saturated rings. The Bertz CT molecular complexity index is 771. The first-order valence-corrected chi connectivity index (χ1v) is 9.00. The number of benzene rings is 1. The predicted molar refractivity (Wildman–Crippen MR) is 119 cm³/mol. The maximum Gasteiger partial charge on any atom is 0.319 e. The number of hydrogen-bond donors (Lipinski definition) is 2. The molecule has 0 spiro atoms. The van der Waals surface area contributed by atoms with Crippen LogP contribution in [0.1, 0.15) is 29.9 Å². The number of nitrogens with one attached hydrogen (secondary N) is 2. The minimum Gasteiger partial charge on any atom is -0.493 e. The number of methoxy groups -OCH3 is 1. The minimum absolute atomic E-state index is 0. The lowest BCUT2D eigenvalue weighted by molar-refractivity contribution is 0.0668. The zero-order chi connectivity index (χ0) is 20.4. The highest BCUT2D eigenvalue weighted by atomic mass is 127. The molecule has 1 heterocycles. The van der Waals surface area contributed by atoms with Gasteiger partial charge in [0, 0.05) is 51.7 Å². The van der Waals surface area contributed by atoms with Gasteiger partial charge in [0.15, 0.2) is 5.96 Å². The van der Waals surface area contributed by atoms with Gasteiger partial charge < -0.3 is 20.1 Å². The number of aliphatic imine (C=N–C) groups is 1. The molecular formula is C19H28F2IN5O2. The Morgan fingerprint density at radius 3 is 2.69 bits per heavy atom. The summed E-state index contributed by atoms with van der Waals surface area (Å²) >= 11 is 0. The zero-order valence-electron chi connectivity index (χ0n) is 16.8. The van der Waals surface area contributed by atoms with Gasteiger partial charge in [0.25, 0.3) is 0 Å². The number of nitrogens with zero attached hydrogens (tertiary/aromatic N) is 3. The van der Waals surface area contributed by atoms with Crippen LogP contribution in [0.15, 0.2) is 35.6 Å². The molecule has 1 aromatic heterocycles. The van der Waals surface area contributed by atoms with Crippen LogP contribution in [0.5, 0.6) is 5.75 Å². The van der Waals surface area contributed by atoms with Crippen molar-refractivity contribution in [2.24, 2.45) is 4.99 Å². The molecule has 162 valence electrons. The number of alkyl halides is 2. The minimum atomic E-state index is -2.63. The van der Waals surface area contributed by atoms with Crippen molar-refractivity contribution in [3.05, 3.63) is 47.5 Å². The van der Waals surface area contributed by atoms with E-state index in [-0.39, 0.29) is 36.3 Å². The van der Waals surface area contributed by atoms with Gasteiger partial charge in [0.2, 0.25) is 0 Å². The van der Waals surface area contributed by atoms with Crippen LogP contribution in [0, 0.1) is 6.92 Å². The third-order valence-electron chi connectivity index (χ3n) is 4.02. The van der Waals surface area contributed by atoms with Crippen LogP contribution in [0.25, 0.3) is 0 Å². The monoisotopic (exact) mass is 523 g/mol. The summed E-state index contributed by atoms with van der Waals surface area (Å²) in [5, 5.41) is 6.16. The lowest BCUT2D eigenvalue weighted by Crippen LogP contribution is -2.37. The van der Waals surface area contributed by atoms with Crippen LogP contribution in [0.4, 0.5) is 8.78 Å². The molecule has 0 bridgehead atoms. The molecule has 0 radical (unpaired) electrons. The number of imidazole rings is 1. The van der Waals surface area contributed by atoms with Gasteiger partial charge in [0.05, 0.1) is 13.2 Å². The van der Waals surface area contributed by atoms with E-state index in [1.807, 2.05) is 25.1 Å². The quantitative estimate of drug-likeness (QED) is 0.216. The van der Waals surface area contributed by atoms with E-state index in [9.17, 15) is 8.78 Å². The highest BCUT2D eigenvalue weighted by Crippen LogP contribution is 2.20. The van der Waals surface area contributed by atoms with Crippen molar-refractivity contribution >= 4 is 29.9 Å². The first-order valence-electron chi connectivity index (χ1n) is 9.00. The lowest BCUT2D eigenvalue weighted by Gasteiger charge is -2.16. The fourth-order valence-corrected chi connectivity index (χ4v) is 2.55. The van der Waals surface area contributed by atoms with E-state index >= 15 is 0 Å². The number of ether oxygens (including phenoxy) is 2. The number of rotatable bonds is 10. The van der Waals surface area contributed by atoms with Gasteiger partial charge in [-0.15, -0.1) is 24.0 Å². The van der Waals surface area contributed by atoms with Gasteiger partial charge in [-0.25, -0.2) is 4.98 Å². The normalized spacial score (nSPS) is 11.3. The maximum absolute atomic E-state index is 12.9. The Hall–Kier alpha value is -1.95. The van der Waals surface area contributed by atoms with Crippen molar-refractivity contribution in [1.29, 1.82) is 0 Å². The van der Waals surface area contributed by atoms with Crippen molar-refractivity contribution < 1.29 is 18.3 Å². The van der Waals surface area contributed by atoms with Crippen LogP contribution < -0.4 is 15.4 Å². The van der Waals surface area contributed by atoms with E-state index in [1.54, 1.807) is 14.2 Å². The molecule has 0 aliphatic heterocycles. The summed E-state index contributed by atoms with van der Waals surface area (Å²) in [7, 11) is 3.28. The molecule has 29 heavy (non-hydrogen) atoms. The number of guanidine groups is 1. The maximum atomic E-state index is 12.9. The molecule has 0 aliphatic carbocycles. The molecule has 1 aromatic carbocycles. The van der Waals surface area contributed by atoms with Crippen LogP contribution in [0.2, 0.25) is 0 Å². The highest BCUT2D eigenvalue weighted by molar-refractivity contribution is 14.0. The number of hydrogen-bond acceptors (Lipinski definition) is 4. The van der Waals surface area contributed by atoms with Gasteiger partial charge in [-0.1, -0.05) is 12.1 Å². The number of halogens is 3. The van der Waals surface area contributed by atoms with E-state index in [0.29, 0.717) is 25.7 Å². The molecule has 2 aromatic rings. The first-order chi connectivity index (χ1) is 13.5. The molecule has 2 N–H and O–H groups in total. The molecule has 0 saturated heterocycles. The van der Waals surface area contributed by atoms with E-state index in [2.05, 4.69) is 20.6 Å². The van der Waals surface area contributed by atoms with E-state index in [0.717, 1.165) is 27.9 Å². The summed E-state index contributed by atoms with van der Waals surface area (Å²) < 4.78 is 37.5. The summed E-state index contributed by atoms with van der Waals surface area (Å²) in [4.78, 5) is 8.07. The second-order valence-corrected chi connectivity index (χ2v) is 6.11. The Labute approximate surface area is 186 Å². The number of aromatic nitrogens is 2. The SMILES string of the molecule is CN=C(NCc1ccc(C)cc1OCCCOC)NCc1nccn1C(F)F.I. The van der Waals surface area contributed by atoms with E-state index < -0.39 is 6.55 Å². The smallest absolute Gasteiger partial charge is 0.319 e. The predicted octanol–water partition coefficient (Wildman–Crippen LogP) is 3.49. The van der Waals surface area contributed by atoms with Gasteiger partial charge in [-0.05, 0) is 18.6 Å². The third kappa shape index (κ3) is 8.13. The summed E-state index contributed by atoms with van der Waals surface area (Å²) in [5.74, 6) is 1.51. The standard InChI is InChI=1S/C19H27F2N5O2.HI/c1-14-5-6-15(16(11-14)28-10-4-9-27-3)12-24-19(22-2)25-13-17-23-7-8-26(17)18(20)21;/h5-8,11,18H,4,9-10,12-13H2,1-3H3,(H2,22,24,25);1H. The summed E-state index contributed by atoms with van der Waals surface area (Å²) in [6.45, 7) is 1.19. The molecule has 10 heteroatoms. The van der Waals surface area contributed by atoms with Crippen molar-refractivity contribution in [3.8, 4) is 5.75 Å². The highest BCUT2D eigenvalue weighted by Gasteiger charge is 2.12. The summed E-state index contributed by atoms with van der Waals surface area (Å²) in [6.07, 6.45) is 3.40. The third-order valence-corrected chi connectivity index (χ3v) is 4.02. The summed E-state index contributed by atoms with van der Waals surface area (Å²) in [6, 6.07) is 5.99. The van der Waals surface area contributed by atoms with Crippen molar-refractivity contribution in [2.45, 2.75) is 33.0 Å². The topological polar surface area (TPSA) is 72.7 Å². The van der Waals surface area contributed by atoms with Crippen LogP contribution in [-0.4, -0.2) is 42.9 Å². The van der Waals surface area contributed by atoms with Gasteiger partial charge >= 0.3 is 6.55 Å². The molecular weight excluding hydrogens is 495 g/mol. The van der Waals surface area contributed by atoms with Crippen molar-refractivity contribution in [2.75, 3.05) is 27.4 Å². The Morgan fingerprint density at radius 1 is 1.24 bits per heavy atom. The van der Waals surface area contributed by atoms with E-state index in [1.165, 1.54) is 12.4 Å².